The Morgan fingerprint density at radius 2 is 1.77 bits per heavy atom. The second-order valence-corrected chi connectivity index (χ2v) is 4.89. The van der Waals surface area contributed by atoms with E-state index in [0.717, 1.165) is 10.6 Å². The van der Waals surface area contributed by atoms with E-state index in [1.165, 1.54) is 7.11 Å². The zero-order valence-electron chi connectivity index (χ0n) is 11.9. The Kier molecular flexibility index (Phi) is 4.77. The third kappa shape index (κ3) is 3.42. The highest BCUT2D eigenvalue weighted by molar-refractivity contribution is 5.82. The zero-order chi connectivity index (χ0) is 16.3. The maximum absolute atomic E-state index is 13.1. The molecule has 0 radical (unpaired) electrons. The Hall–Kier alpha value is -1.99. The van der Waals surface area contributed by atoms with Crippen LogP contribution in [-0.2, 0) is 4.79 Å². The van der Waals surface area contributed by atoms with Gasteiger partial charge >= 0.3 is 6.18 Å². The number of hydrogen-bond acceptors (Lipinski definition) is 3. The van der Waals surface area contributed by atoms with Crippen LogP contribution in [0.25, 0.3) is 0 Å². The number of carbonyl (C=O) groups is 1. The van der Waals surface area contributed by atoms with E-state index >= 15 is 0 Å². The number of anilines is 1. The fraction of sp³-hybridized carbons (Fsp3) is 0.500. The minimum atomic E-state index is -5.16. The predicted molar refractivity (Wildman–Crippen MR) is 72.7 cm³/mol. The largest absolute Gasteiger partial charge is 0.495 e. The number of alkyl halides is 4. The Balaban J connectivity index is 2.00. The number of nitrogens with zero attached hydrogens (tertiary/aromatic N) is 2. The summed E-state index contributed by atoms with van der Waals surface area (Å²) < 4.78 is 55.0. The number of halogens is 4. The first-order valence-corrected chi connectivity index (χ1v) is 6.72. The van der Waals surface area contributed by atoms with Gasteiger partial charge in [0.1, 0.15) is 5.75 Å². The van der Waals surface area contributed by atoms with E-state index in [1.807, 2.05) is 17.0 Å². The molecule has 0 N–H and O–H groups in total. The van der Waals surface area contributed by atoms with E-state index in [-0.39, 0.29) is 13.1 Å². The normalized spacial score (nSPS) is 17.3. The van der Waals surface area contributed by atoms with Gasteiger partial charge in [0.15, 0.2) is 0 Å². The molecule has 1 aliphatic heterocycles. The van der Waals surface area contributed by atoms with Gasteiger partial charge in [0.2, 0.25) is 0 Å². The highest BCUT2D eigenvalue weighted by Gasteiger charge is 2.47. The lowest BCUT2D eigenvalue weighted by Gasteiger charge is -2.37. The molecule has 1 fully saturated rings. The number of methoxy groups -OCH3 is 1. The molecule has 1 unspecified atom stereocenters. The molecule has 1 atom stereocenters. The Morgan fingerprint density at radius 3 is 2.32 bits per heavy atom. The molecule has 1 aromatic rings. The molecule has 1 amide bonds. The molecule has 22 heavy (non-hydrogen) atoms. The van der Waals surface area contributed by atoms with Crippen molar-refractivity contribution in [3.05, 3.63) is 24.3 Å². The molecule has 122 valence electrons. The molecular weight excluding hydrogens is 304 g/mol. The number of benzene rings is 1. The van der Waals surface area contributed by atoms with Crippen LogP contribution in [0.4, 0.5) is 23.2 Å². The molecule has 1 aliphatic rings. The van der Waals surface area contributed by atoms with Crippen molar-refractivity contribution in [3.8, 4) is 5.75 Å². The number of hydrogen-bond donors (Lipinski definition) is 0. The van der Waals surface area contributed by atoms with Gasteiger partial charge in [-0.05, 0) is 12.1 Å². The van der Waals surface area contributed by atoms with E-state index in [2.05, 4.69) is 0 Å². The molecule has 1 aromatic carbocycles. The summed E-state index contributed by atoms with van der Waals surface area (Å²) in [5, 5.41) is 0. The average Bonchev–Trinajstić information content (AvgIpc) is 2.52. The van der Waals surface area contributed by atoms with Crippen molar-refractivity contribution in [2.24, 2.45) is 0 Å². The number of ether oxygens (including phenoxy) is 1. The van der Waals surface area contributed by atoms with E-state index in [1.54, 1.807) is 12.1 Å². The maximum atomic E-state index is 13.1. The van der Waals surface area contributed by atoms with Crippen molar-refractivity contribution in [2.75, 3.05) is 38.2 Å². The van der Waals surface area contributed by atoms with Gasteiger partial charge in [-0.15, -0.1) is 0 Å². The average molecular weight is 320 g/mol. The summed E-state index contributed by atoms with van der Waals surface area (Å²) in [5.74, 6) is -0.881. The summed E-state index contributed by atoms with van der Waals surface area (Å²) >= 11 is 0. The Bertz CT molecular complexity index is 528. The quantitative estimate of drug-likeness (QED) is 0.801. The maximum Gasteiger partial charge on any atom is 0.428 e. The van der Waals surface area contributed by atoms with Crippen molar-refractivity contribution in [1.82, 2.24) is 4.90 Å². The highest BCUT2D eigenvalue weighted by atomic mass is 19.4. The van der Waals surface area contributed by atoms with Crippen LogP contribution in [-0.4, -0.2) is 56.4 Å². The smallest absolute Gasteiger partial charge is 0.428 e. The number of amides is 1. The lowest BCUT2D eigenvalue weighted by atomic mass is 10.2. The molecule has 1 saturated heterocycles. The Morgan fingerprint density at radius 1 is 1.18 bits per heavy atom. The van der Waals surface area contributed by atoms with E-state index < -0.39 is 18.3 Å². The molecule has 1 heterocycles. The summed E-state index contributed by atoms with van der Waals surface area (Å²) in [6.07, 6.45) is -8.61. The van der Waals surface area contributed by atoms with E-state index in [4.69, 9.17) is 4.74 Å². The third-order valence-corrected chi connectivity index (χ3v) is 3.52. The summed E-state index contributed by atoms with van der Waals surface area (Å²) in [4.78, 5) is 14.3. The molecule has 0 aromatic heterocycles. The second kappa shape index (κ2) is 6.41. The summed E-state index contributed by atoms with van der Waals surface area (Å²) in [5.41, 5.74) is 0.796. The van der Waals surface area contributed by atoms with E-state index in [0.29, 0.717) is 18.8 Å². The first kappa shape index (κ1) is 16.4. The fourth-order valence-electron chi connectivity index (χ4n) is 2.36. The zero-order valence-corrected chi connectivity index (χ0v) is 11.9. The van der Waals surface area contributed by atoms with Crippen molar-refractivity contribution >= 4 is 11.6 Å². The number of para-hydroxylation sites is 2. The minimum absolute atomic E-state index is 0.0351. The fourth-order valence-corrected chi connectivity index (χ4v) is 2.36. The lowest BCUT2D eigenvalue weighted by Crippen LogP contribution is -2.53. The van der Waals surface area contributed by atoms with Gasteiger partial charge in [0.05, 0.1) is 12.8 Å². The molecular formula is C14H16F4N2O2. The molecule has 0 aliphatic carbocycles. The first-order chi connectivity index (χ1) is 10.3. The molecule has 4 nitrogen and oxygen atoms in total. The third-order valence-electron chi connectivity index (χ3n) is 3.52. The van der Waals surface area contributed by atoms with Crippen molar-refractivity contribution in [3.63, 3.8) is 0 Å². The molecule has 8 heteroatoms. The highest BCUT2D eigenvalue weighted by Crippen LogP contribution is 2.29. The first-order valence-electron chi connectivity index (χ1n) is 6.72. The van der Waals surface area contributed by atoms with Crippen LogP contribution in [0, 0.1) is 0 Å². The topological polar surface area (TPSA) is 32.8 Å². The van der Waals surface area contributed by atoms with Crippen molar-refractivity contribution < 1.29 is 27.1 Å². The van der Waals surface area contributed by atoms with Gasteiger partial charge < -0.3 is 14.5 Å². The standard InChI is InChI=1S/C14H16F4N2O2/c1-22-11-5-3-2-4-10(11)19-6-8-20(9-7-19)13(21)12(15)14(16,17)18/h2-5,12H,6-9H2,1H3. The molecule has 2 rings (SSSR count). The SMILES string of the molecule is COc1ccccc1N1CCN(C(=O)C(F)C(F)(F)F)CC1. The van der Waals surface area contributed by atoms with Gasteiger partial charge in [0.25, 0.3) is 12.1 Å². The van der Waals surface area contributed by atoms with Gasteiger partial charge in [0, 0.05) is 26.2 Å². The van der Waals surface area contributed by atoms with Gasteiger partial charge in [-0.3, -0.25) is 4.79 Å². The summed E-state index contributed by atoms with van der Waals surface area (Å²) in [7, 11) is 1.52. The van der Waals surface area contributed by atoms with Gasteiger partial charge in [-0.1, -0.05) is 12.1 Å². The predicted octanol–water partition coefficient (Wildman–Crippen LogP) is 2.24. The molecule has 0 bridgehead atoms. The molecule has 0 spiro atoms. The minimum Gasteiger partial charge on any atom is -0.495 e. The van der Waals surface area contributed by atoms with Crippen molar-refractivity contribution in [2.45, 2.75) is 12.3 Å². The summed E-state index contributed by atoms with van der Waals surface area (Å²) in [6, 6.07) is 7.22. The number of piperazine rings is 1. The van der Waals surface area contributed by atoms with Crippen molar-refractivity contribution in [1.29, 1.82) is 0 Å². The van der Waals surface area contributed by atoms with Crippen LogP contribution in [0.2, 0.25) is 0 Å². The van der Waals surface area contributed by atoms with Gasteiger partial charge in [-0.2, -0.15) is 13.2 Å². The van der Waals surface area contributed by atoms with Crippen LogP contribution < -0.4 is 9.64 Å². The molecule has 0 saturated carbocycles. The van der Waals surface area contributed by atoms with Crippen LogP contribution in [0.3, 0.4) is 0 Å². The van der Waals surface area contributed by atoms with E-state index in [9.17, 15) is 22.4 Å². The second-order valence-electron chi connectivity index (χ2n) is 4.89. The Labute approximate surface area is 125 Å². The van der Waals surface area contributed by atoms with Crippen LogP contribution in [0.5, 0.6) is 5.75 Å². The van der Waals surface area contributed by atoms with Crippen LogP contribution in [0.1, 0.15) is 0 Å². The van der Waals surface area contributed by atoms with Crippen LogP contribution in [0.15, 0.2) is 24.3 Å². The number of rotatable bonds is 3. The van der Waals surface area contributed by atoms with Gasteiger partial charge in [-0.25, -0.2) is 4.39 Å². The number of carbonyl (C=O) groups excluding carboxylic acids is 1. The summed E-state index contributed by atoms with van der Waals surface area (Å²) in [6.45, 7) is 0.703. The monoisotopic (exact) mass is 320 g/mol. The van der Waals surface area contributed by atoms with Crippen LogP contribution >= 0.6 is 0 Å². The lowest BCUT2D eigenvalue weighted by molar-refractivity contribution is -0.193.